The van der Waals surface area contributed by atoms with Crippen molar-refractivity contribution in [2.45, 2.75) is 187 Å². The Morgan fingerprint density at radius 3 is 1.35 bits per heavy atom. The van der Waals surface area contributed by atoms with Crippen LogP contribution in [0.1, 0.15) is 187 Å². The second-order valence-corrected chi connectivity index (χ2v) is 11.2. The standard InChI is InChI=1S/C35H66O2/c1-3-5-7-9-11-13-15-17-19-20-22-24-26-28-30-32-34-37-35(36)33-31-29-27-25-23-21-18-16-14-12-10-8-6-4-2/h11,13,17,19H,3-10,12,14-16,18,20-34H2,1-2H3/b13-11-,19-17-. The molecule has 0 aliphatic carbocycles. The van der Waals surface area contributed by atoms with Crippen molar-refractivity contribution < 1.29 is 9.53 Å². The molecular formula is C35H66O2. The van der Waals surface area contributed by atoms with Crippen molar-refractivity contribution in [3.8, 4) is 0 Å². The molecule has 0 radical (unpaired) electrons. The van der Waals surface area contributed by atoms with Crippen LogP contribution in [0.2, 0.25) is 0 Å². The molecule has 0 aromatic heterocycles. The number of esters is 1. The lowest BCUT2D eigenvalue weighted by molar-refractivity contribution is -0.143. The molecule has 0 saturated heterocycles. The SMILES string of the molecule is CCCCC/C=C\C/C=C\CCCCCCCCOC(=O)CCCCCCCCCCCCCCCC. The van der Waals surface area contributed by atoms with Crippen molar-refractivity contribution in [2.75, 3.05) is 6.61 Å². The van der Waals surface area contributed by atoms with Gasteiger partial charge < -0.3 is 4.74 Å². The van der Waals surface area contributed by atoms with Gasteiger partial charge >= 0.3 is 5.97 Å². The summed E-state index contributed by atoms with van der Waals surface area (Å²) in [6.07, 6.45) is 43.7. The van der Waals surface area contributed by atoms with Crippen molar-refractivity contribution in [1.29, 1.82) is 0 Å². The summed E-state index contributed by atoms with van der Waals surface area (Å²) >= 11 is 0. The van der Waals surface area contributed by atoms with E-state index >= 15 is 0 Å². The van der Waals surface area contributed by atoms with Crippen LogP contribution >= 0.6 is 0 Å². The fraction of sp³-hybridized carbons (Fsp3) is 0.857. The molecule has 0 unspecified atom stereocenters. The summed E-state index contributed by atoms with van der Waals surface area (Å²) in [6.45, 7) is 5.16. The molecule has 0 aliphatic rings. The Morgan fingerprint density at radius 2 is 0.838 bits per heavy atom. The van der Waals surface area contributed by atoms with E-state index in [0.29, 0.717) is 13.0 Å². The molecule has 2 nitrogen and oxygen atoms in total. The number of carbonyl (C=O) groups excluding carboxylic acids is 1. The first-order chi connectivity index (χ1) is 18.3. The Morgan fingerprint density at radius 1 is 0.459 bits per heavy atom. The van der Waals surface area contributed by atoms with E-state index in [4.69, 9.17) is 4.74 Å². The molecule has 0 fully saturated rings. The predicted octanol–water partition coefficient (Wildman–Crippen LogP) is 12.2. The molecule has 0 atom stereocenters. The third-order valence-electron chi connectivity index (χ3n) is 7.34. The van der Waals surface area contributed by atoms with Crippen LogP contribution < -0.4 is 0 Å². The summed E-state index contributed by atoms with van der Waals surface area (Å²) in [6, 6.07) is 0. The molecule has 0 bridgehead atoms. The third kappa shape index (κ3) is 32.9. The van der Waals surface area contributed by atoms with Gasteiger partial charge in [-0.2, -0.15) is 0 Å². The zero-order valence-corrected chi connectivity index (χ0v) is 25.4. The highest BCUT2D eigenvalue weighted by Crippen LogP contribution is 2.14. The largest absolute Gasteiger partial charge is 0.466 e. The van der Waals surface area contributed by atoms with E-state index in [0.717, 1.165) is 19.3 Å². The van der Waals surface area contributed by atoms with Gasteiger partial charge in [-0.25, -0.2) is 0 Å². The van der Waals surface area contributed by atoms with Crippen LogP contribution in [0.15, 0.2) is 24.3 Å². The lowest BCUT2D eigenvalue weighted by atomic mass is 10.0. The van der Waals surface area contributed by atoms with Crippen LogP contribution in [0, 0.1) is 0 Å². The van der Waals surface area contributed by atoms with E-state index in [1.165, 1.54) is 148 Å². The first kappa shape index (κ1) is 35.9. The normalized spacial score (nSPS) is 11.7. The maximum atomic E-state index is 11.9. The minimum Gasteiger partial charge on any atom is -0.466 e. The summed E-state index contributed by atoms with van der Waals surface area (Å²) in [5.74, 6) is 0.0153. The third-order valence-corrected chi connectivity index (χ3v) is 7.34. The highest BCUT2D eigenvalue weighted by Gasteiger charge is 2.02. The lowest BCUT2D eigenvalue weighted by Gasteiger charge is -2.05. The number of allylic oxidation sites excluding steroid dienone is 4. The number of rotatable bonds is 30. The summed E-state index contributed by atoms with van der Waals surface area (Å²) < 4.78 is 5.42. The van der Waals surface area contributed by atoms with Crippen LogP contribution in [0.4, 0.5) is 0 Å². The smallest absolute Gasteiger partial charge is 0.305 e. The molecule has 2 heteroatoms. The summed E-state index contributed by atoms with van der Waals surface area (Å²) in [5, 5.41) is 0. The van der Waals surface area contributed by atoms with Crippen molar-refractivity contribution in [3.05, 3.63) is 24.3 Å². The Balaban J connectivity index is 3.22. The highest BCUT2D eigenvalue weighted by molar-refractivity contribution is 5.69. The molecule has 0 heterocycles. The van der Waals surface area contributed by atoms with Gasteiger partial charge in [-0.3, -0.25) is 4.79 Å². The first-order valence-electron chi connectivity index (χ1n) is 16.8. The predicted molar refractivity (Wildman–Crippen MR) is 165 cm³/mol. The number of unbranched alkanes of at least 4 members (excludes halogenated alkanes) is 22. The topological polar surface area (TPSA) is 26.3 Å². The maximum absolute atomic E-state index is 11.9. The lowest BCUT2D eigenvalue weighted by Crippen LogP contribution is -2.05. The van der Waals surface area contributed by atoms with E-state index in [-0.39, 0.29) is 5.97 Å². The van der Waals surface area contributed by atoms with Gasteiger partial charge in [-0.15, -0.1) is 0 Å². The van der Waals surface area contributed by atoms with E-state index in [1.807, 2.05) is 0 Å². The number of ether oxygens (including phenoxy) is 1. The summed E-state index contributed by atoms with van der Waals surface area (Å²) in [5.41, 5.74) is 0. The van der Waals surface area contributed by atoms with E-state index in [2.05, 4.69) is 38.2 Å². The maximum Gasteiger partial charge on any atom is 0.305 e. The molecule has 0 N–H and O–H groups in total. The quantitative estimate of drug-likeness (QED) is 0.0537. The van der Waals surface area contributed by atoms with Crippen molar-refractivity contribution >= 4 is 5.97 Å². The zero-order chi connectivity index (χ0) is 26.9. The Hall–Kier alpha value is -1.05. The zero-order valence-electron chi connectivity index (χ0n) is 25.4. The second kappa shape index (κ2) is 33.0. The van der Waals surface area contributed by atoms with Gasteiger partial charge in [-0.1, -0.05) is 160 Å². The van der Waals surface area contributed by atoms with Crippen molar-refractivity contribution in [3.63, 3.8) is 0 Å². The Labute approximate surface area is 233 Å². The van der Waals surface area contributed by atoms with Gasteiger partial charge in [-0.05, 0) is 44.9 Å². The first-order valence-corrected chi connectivity index (χ1v) is 16.8. The Kier molecular flexibility index (Phi) is 32.0. The van der Waals surface area contributed by atoms with Gasteiger partial charge in [0, 0.05) is 6.42 Å². The highest BCUT2D eigenvalue weighted by atomic mass is 16.5. The molecule has 37 heavy (non-hydrogen) atoms. The molecular weight excluding hydrogens is 452 g/mol. The minimum absolute atomic E-state index is 0.0153. The van der Waals surface area contributed by atoms with Crippen LogP contribution in [0.5, 0.6) is 0 Å². The van der Waals surface area contributed by atoms with Crippen LogP contribution in [0.25, 0.3) is 0 Å². The Bertz CT molecular complexity index is 493. The molecule has 0 saturated carbocycles. The minimum atomic E-state index is 0.0153. The van der Waals surface area contributed by atoms with E-state index in [1.54, 1.807) is 0 Å². The molecule has 0 rings (SSSR count). The average molecular weight is 519 g/mol. The molecule has 0 aromatic rings. The van der Waals surface area contributed by atoms with E-state index < -0.39 is 0 Å². The molecule has 0 aliphatic heterocycles. The fourth-order valence-electron chi connectivity index (χ4n) is 4.81. The van der Waals surface area contributed by atoms with E-state index in [9.17, 15) is 4.79 Å². The van der Waals surface area contributed by atoms with Gasteiger partial charge in [0.15, 0.2) is 0 Å². The van der Waals surface area contributed by atoms with Gasteiger partial charge in [0.25, 0.3) is 0 Å². The van der Waals surface area contributed by atoms with Crippen molar-refractivity contribution in [2.24, 2.45) is 0 Å². The van der Waals surface area contributed by atoms with Crippen molar-refractivity contribution in [1.82, 2.24) is 0 Å². The monoisotopic (exact) mass is 519 g/mol. The van der Waals surface area contributed by atoms with Gasteiger partial charge in [0.05, 0.1) is 6.61 Å². The van der Waals surface area contributed by atoms with Crippen LogP contribution in [-0.4, -0.2) is 12.6 Å². The molecule has 218 valence electrons. The van der Waals surface area contributed by atoms with Crippen LogP contribution in [0.3, 0.4) is 0 Å². The number of carbonyl (C=O) groups is 1. The molecule has 0 spiro atoms. The number of hydrogen-bond donors (Lipinski definition) is 0. The molecule has 0 amide bonds. The summed E-state index contributed by atoms with van der Waals surface area (Å²) in [4.78, 5) is 11.9. The molecule has 0 aromatic carbocycles. The van der Waals surface area contributed by atoms with Gasteiger partial charge in [0.2, 0.25) is 0 Å². The van der Waals surface area contributed by atoms with Crippen LogP contribution in [-0.2, 0) is 9.53 Å². The summed E-state index contributed by atoms with van der Waals surface area (Å²) in [7, 11) is 0. The average Bonchev–Trinajstić information content (AvgIpc) is 2.90. The fourth-order valence-corrected chi connectivity index (χ4v) is 4.81. The number of hydrogen-bond acceptors (Lipinski definition) is 2. The second-order valence-electron chi connectivity index (χ2n) is 11.2. The van der Waals surface area contributed by atoms with Gasteiger partial charge in [0.1, 0.15) is 0 Å².